The molecule has 2 rings (SSSR count). The van der Waals surface area contributed by atoms with E-state index in [2.05, 4.69) is 15.6 Å². The van der Waals surface area contributed by atoms with E-state index in [1.807, 2.05) is 10.8 Å². The minimum Gasteiger partial charge on any atom is -0.354 e. The number of nitrogens with zero attached hydrogens (tertiary/aromatic N) is 2. The molecular formula is C12H20N4O. The Labute approximate surface area is 102 Å². The fourth-order valence-corrected chi connectivity index (χ4v) is 2.13. The van der Waals surface area contributed by atoms with Gasteiger partial charge in [-0.15, -0.1) is 0 Å². The highest BCUT2D eigenvalue weighted by Crippen LogP contribution is 2.13. The molecule has 2 N–H and O–H groups in total. The molecule has 17 heavy (non-hydrogen) atoms. The van der Waals surface area contributed by atoms with Crippen molar-refractivity contribution < 1.29 is 4.79 Å². The number of rotatable bonds is 6. The predicted molar refractivity (Wildman–Crippen MR) is 65.4 cm³/mol. The van der Waals surface area contributed by atoms with E-state index in [9.17, 15) is 4.79 Å². The lowest BCUT2D eigenvalue weighted by molar-refractivity contribution is -0.121. The Kier molecular flexibility index (Phi) is 4.55. The lowest BCUT2D eigenvalue weighted by Gasteiger charge is -2.08. The first-order chi connectivity index (χ1) is 8.34. The molecule has 0 aromatic carbocycles. The van der Waals surface area contributed by atoms with Crippen LogP contribution in [-0.2, 0) is 11.3 Å². The van der Waals surface area contributed by atoms with E-state index in [0.29, 0.717) is 18.9 Å². The first kappa shape index (κ1) is 12.1. The van der Waals surface area contributed by atoms with Crippen molar-refractivity contribution in [2.45, 2.75) is 25.8 Å². The van der Waals surface area contributed by atoms with Crippen LogP contribution >= 0.6 is 0 Å². The van der Waals surface area contributed by atoms with Gasteiger partial charge in [0.25, 0.3) is 0 Å². The highest BCUT2D eigenvalue weighted by Gasteiger charge is 2.15. The van der Waals surface area contributed by atoms with E-state index in [4.69, 9.17) is 0 Å². The molecule has 1 aromatic rings. The van der Waals surface area contributed by atoms with Gasteiger partial charge in [0.15, 0.2) is 0 Å². The van der Waals surface area contributed by atoms with Gasteiger partial charge in [-0.1, -0.05) is 0 Å². The van der Waals surface area contributed by atoms with Crippen LogP contribution < -0.4 is 10.6 Å². The second-order valence-electron chi connectivity index (χ2n) is 4.55. The van der Waals surface area contributed by atoms with E-state index in [1.54, 1.807) is 12.5 Å². The molecule has 1 amide bonds. The summed E-state index contributed by atoms with van der Waals surface area (Å²) in [6.45, 7) is 3.64. The molecule has 2 heterocycles. The van der Waals surface area contributed by atoms with Gasteiger partial charge in [-0.2, -0.15) is 0 Å². The zero-order valence-electron chi connectivity index (χ0n) is 10.1. The van der Waals surface area contributed by atoms with Gasteiger partial charge in [0.2, 0.25) is 5.91 Å². The average Bonchev–Trinajstić information content (AvgIpc) is 2.99. The van der Waals surface area contributed by atoms with E-state index >= 15 is 0 Å². The normalized spacial score (nSPS) is 19.4. The third-order valence-electron chi connectivity index (χ3n) is 3.19. The van der Waals surface area contributed by atoms with Crippen molar-refractivity contribution in [2.75, 3.05) is 19.6 Å². The molecule has 1 saturated heterocycles. The van der Waals surface area contributed by atoms with Crippen molar-refractivity contribution in [3.63, 3.8) is 0 Å². The Morgan fingerprint density at radius 3 is 3.24 bits per heavy atom. The molecule has 0 aliphatic carbocycles. The van der Waals surface area contributed by atoms with Crippen molar-refractivity contribution in [1.29, 1.82) is 0 Å². The number of amides is 1. The number of nitrogens with one attached hydrogen (secondary N) is 2. The Morgan fingerprint density at radius 2 is 2.53 bits per heavy atom. The van der Waals surface area contributed by atoms with Gasteiger partial charge in [0.1, 0.15) is 0 Å². The fraction of sp³-hybridized carbons (Fsp3) is 0.667. The Balaban J connectivity index is 1.54. The highest BCUT2D eigenvalue weighted by molar-refractivity contribution is 5.75. The second-order valence-corrected chi connectivity index (χ2v) is 4.55. The molecule has 1 unspecified atom stereocenters. The minimum absolute atomic E-state index is 0.164. The molecule has 0 spiro atoms. The predicted octanol–water partition coefficient (Wildman–Crippen LogP) is 0.389. The molecule has 1 aromatic heterocycles. The Hall–Kier alpha value is -1.36. The maximum atomic E-state index is 11.6. The van der Waals surface area contributed by atoms with Gasteiger partial charge in [-0.05, 0) is 31.8 Å². The lowest BCUT2D eigenvalue weighted by Crippen LogP contribution is -2.27. The van der Waals surface area contributed by atoms with E-state index in [0.717, 1.165) is 26.1 Å². The third kappa shape index (κ3) is 4.19. The SMILES string of the molecule is O=C(CCC1CCNC1)NCCn1ccnc1. The summed E-state index contributed by atoms with van der Waals surface area (Å²) in [6, 6.07) is 0. The van der Waals surface area contributed by atoms with Crippen LogP contribution in [0.3, 0.4) is 0 Å². The molecule has 0 bridgehead atoms. The summed E-state index contributed by atoms with van der Waals surface area (Å²) >= 11 is 0. The molecule has 0 saturated carbocycles. The van der Waals surface area contributed by atoms with E-state index < -0.39 is 0 Å². The Bertz CT molecular complexity index is 330. The van der Waals surface area contributed by atoms with Crippen molar-refractivity contribution in [2.24, 2.45) is 5.92 Å². The standard InChI is InChI=1S/C12H20N4O/c17-12(2-1-11-3-4-13-9-11)15-6-8-16-7-5-14-10-16/h5,7,10-11,13H,1-4,6,8-9H2,(H,15,17). The molecule has 1 aliphatic heterocycles. The molecular weight excluding hydrogens is 216 g/mol. The third-order valence-corrected chi connectivity index (χ3v) is 3.19. The monoisotopic (exact) mass is 236 g/mol. The maximum Gasteiger partial charge on any atom is 0.220 e. The number of aromatic nitrogens is 2. The number of carbonyl (C=O) groups excluding carboxylic acids is 1. The van der Waals surface area contributed by atoms with Crippen molar-refractivity contribution in [3.05, 3.63) is 18.7 Å². The first-order valence-electron chi connectivity index (χ1n) is 6.28. The molecule has 1 aliphatic rings. The van der Waals surface area contributed by atoms with Crippen molar-refractivity contribution in [3.8, 4) is 0 Å². The number of hydrogen-bond donors (Lipinski definition) is 2. The zero-order valence-corrected chi connectivity index (χ0v) is 10.1. The van der Waals surface area contributed by atoms with Crippen molar-refractivity contribution >= 4 is 5.91 Å². The van der Waals surface area contributed by atoms with Crippen LogP contribution in [0.15, 0.2) is 18.7 Å². The summed E-state index contributed by atoms with van der Waals surface area (Å²) in [5, 5.41) is 6.25. The summed E-state index contributed by atoms with van der Waals surface area (Å²) in [6.07, 6.45) is 8.27. The van der Waals surface area contributed by atoms with Gasteiger partial charge in [0, 0.05) is 31.9 Å². The second kappa shape index (κ2) is 6.39. The van der Waals surface area contributed by atoms with Crippen LogP contribution in [0.1, 0.15) is 19.3 Å². The quantitative estimate of drug-likeness (QED) is 0.751. The van der Waals surface area contributed by atoms with Crippen LogP contribution in [0.25, 0.3) is 0 Å². The summed E-state index contributed by atoms with van der Waals surface area (Å²) < 4.78 is 1.96. The molecule has 0 radical (unpaired) electrons. The molecule has 94 valence electrons. The summed E-state index contributed by atoms with van der Waals surface area (Å²) in [7, 11) is 0. The van der Waals surface area contributed by atoms with Crippen LogP contribution in [-0.4, -0.2) is 35.1 Å². The molecule has 5 nitrogen and oxygen atoms in total. The Morgan fingerprint density at radius 1 is 1.59 bits per heavy atom. The van der Waals surface area contributed by atoms with Gasteiger partial charge in [-0.3, -0.25) is 4.79 Å². The summed E-state index contributed by atoms with van der Waals surface area (Å²) in [4.78, 5) is 15.5. The van der Waals surface area contributed by atoms with Gasteiger partial charge < -0.3 is 15.2 Å². The van der Waals surface area contributed by atoms with Crippen molar-refractivity contribution in [1.82, 2.24) is 20.2 Å². The molecule has 1 atom stereocenters. The minimum atomic E-state index is 0.164. The maximum absolute atomic E-state index is 11.6. The van der Waals surface area contributed by atoms with Crippen LogP contribution in [0, 0.1) is 5.92 Å². The van der Waals surface area contributed by atoms with Gasteiger partial charge >= 0.3 is 0 Å². The molecule has 5 heteroatoms. The summed E-state index contributed by atoms with van der Waals surface area (Å²) in [5.74, 6) is 0.853. The topological polar surface area (TPSA) is 59.0 Å². The number of imidazole rings is 1. The molecule has 1 fully saturated rings. The van der Waals surface area contributed by atoms with Crippen LogP contribution in [0.2, 0.25) is 0 Å². The number of hydrogen-bond acceptors (Lipinski definition) is 3. The van der Waals surface area contributed by atoms with Gasteiger partial charge in [0.05, 0.1) is 6.33 Å². The highest BCUT2D eigenvalue weighted by atomic mass is 16.1. The van der Waals surface area contributed by atoms with Crippen LogP contribution in [0.4, 0.5) is 0 Å². The van der Waals surface area contributed by atoms with Crippen LogP contribution in [0.5, 0.6) is 0 Å². The number of carbonyl (C=O) groups is 1. The van der Waals surface area contributed by atoms with E-state index in [-0.39, 0.29) is 5.91 Å². The zero-order chi connectivity index (χ0) is 11.9. The fourth-order valence-electron chi connectivity index (χ4n) is 2.13. The summed E-state index contributed by atoms with van der Waals surface area (Å²) in [5.41, 5.74) is 0. The van der Waals surface area contributed by atoms with Gasteiger partial charge in [-0.25, -0.2) is 4.98 Å². The smallest absolute Gasteiger partial charge is 0.220 e. The average molecular weight is 236 g/mol. The lowest BCUT2D eigenvalue weighted by atomic mass is 10.0. The first-order valence-corrected chi connectivity index (χ1v) is 6.28. The largest absolute Gasteiger partial charge is 0.354 e. The van der Waals surface area contributed by atoms with E-state index in [1.165, 1.54) is 6.42 Å².